The number of nitrogen functional groups attached to an aromatic ring is 1. The lowest BCUT2D eigenvalue weighted by atomic mass is 10.1. The normalized spacial score (nSPS) is 10.3. The van der Waals surface area contributed by atoms with Crippen molar-refractivity contribution in [3.05, 3.63) is 35.5 Å². The number of anilines is 2. The summed E-state index contributed by atoms with van der Waals surface area (Å²) in [6, 6.07) is 5.05. The maximum atomic E-state index is 11.7. The predicted molar refractivity (Wildman–Crippen MR) is 73.2 cm³/mol. The van der Waals surface area contributed by atoms with Gasteiger partial charge in [-0.3, -0.25) is 0 Å². The van der Waals surface area contributed by atoms with Crippen molar-refractivity contribution in [3.8, 4) is 0 Å². The Kier molecular flexibility index (Phi) is 4.19. The Labute approximate surface area is 116 Å². The van der Waals surface area contributed by atoms with Crippen LogP contribution < -0.4 is 11.1 Å². The Morgan fingerprint density at radius 2 is 2.30 bits per heavy atom. The van der Waals surface area contributed by atoms with Gasteiger partial charge in [-0.05, 0) is 32.0 Å². The Balaban J connectivity index is 2.08. The van der Waals surface area contributed by atoms with E-state index in [4.69, 9.17) is 15.0 Å². The van der Waals surface area contributed by atoms with Gasteiger partial charge in [0, 0.05) is 11.4 Å². The van der Waals surface area contributed by atoms with E-state index >= 15 is 0 Å². The maximum absolute atomic E-state index is 11.7. The molecule has 2 aromatic rings. The van der Waals surface area contributed by atoms with Crippen LogP contribution in [0, 0.1) is 6.92 Å². The Bertz CT molecular complexity index is 609. The number of nitrogens with two attached hydrogens (primary N) is 1. The first-order chi connectivity index (χ1) is 9.60. The van der Waals surface area contributed by atoms with Gasteiger partial charge < -0.3 is 20.3 Å². The van der Waals surface area contributed by atoms with Gasteiger partial charge in [0.15, 0.2) is 5.82 Å². The molecule has 0 aliphatic heterocycles. The van der Waals surface area contributed by atoms with E-state index in [1.807, 2.05) is 0 Å². The molecule has 0 bridgehead atoms. The summed E-state index contributed by atoms with van der Waals surface area (Å²) in [6.07, 6.45) is 0. The van der Waals surface area contributed by atoms with Crippen LogP contribution in [-0.4, -0.2) is 22.7 Å². The second-order valence-corrected chi connectivity index (χ2v) is 4.11. The molecule has 7 nitrogen and oxygen atoms in total. The van der Waals surface area contributed by atoms with Crippen molar-refractivity contribution in [1.29, 1.82) is 0 Å². The highest BCUT2D eigenvalue weighted by atomic mass is 16.5. The number of carbonyl (C=O) groups excluding carboxylic acids is 1. The predicted octanol–water partition coefficient (Wildman–Crippen LogP) is 1.75. The van der Waals surface area contributed by atoms with Crippen molar-refractivity contribution in [2.75, 3.05) is 17.7 Å². The van der Waals surface area contributed by atoms with Crippen LogP contribution in [0.4, 0.5) is 11.4 Å². The summed E-state index contributed by atoms with van der Waals surface area (Å²) in [5, 5.41) is 6.77. The quantitative estimate of drug-likeness (QED) is 0.633. The van der Waals surface area contributed by atoms with E-state index in [9.17, 15) is 4.79 Å². The third-order valence-electron chi connectivity index (χ3n) is 2.56. The summed E-state index contributed by atoms with van der Waals surface area (Å²) in [4.78, 5) is 15.8. The average Bonchev–Trinajstić information content (AvgIpc) is 2.84. The van der Waals surface area contributed by atoms with Crippen molar-refractivity contribution in [1.82, 2.24) is 10.1 Å². The number of benzene rings is 1. The highest BCUT2D eigenvalue weighted by molar-refractivity contribution is 5.96. The summed E-state index contributed by atoms with van der Waals surface area (Å²) < 4.78 is 9.93. The molecule has 3 N–H and O–H groups in total. The molecule has 106 valence electrons. The van der Waals surface area contributed by atoms with Gasteiger partial charge in [0.1, 0.15) is 0 Å². The van der Waals surface area contributed by atoms with Crippen LogP contribution in [0.15, 0.2) is 22.7 Å². The maximum Gasteiger partial charge on any atom is 0.340 e. The topological polar surface area (TPSA) is 103 Å². The molecule has 0 aliphatic carbocycles. The fourth-order valence-electron chi connectivity index (χ4n) is 1.64. The molecule has 1 heterocycles. The van der Waals surface area contributed by atoms with Crippen LogP contribution in [0.3, 0.4) is 0 Å². The van der Waals surface area contributed by atoms with E-state index in [-0.39, 0.29) is 0 Å². The number of ether oxygens (including phenoxy) is 1. The third kappa shape index (κ3) is 3.25. The molecule has 0 unspecified atom stereocenters. The smallest absolute Gasteiger partial charge is 0.340 e. The number of nitrogens with one attached hydrogen (secondary N) is 1. The summed E-state index contributed by atoms with van der Waals surface area (Å²) >= 11 is 0. The zero-order valence-electron chi connectivity index (χ0n) is 11.3. The lowest BCUT2D eigenvalue weighted by Gasteiger charge is -2.09. The molecule has 0 radical (unpaired) electrons. The Morgan fingerprint density at radius 1 is 1.50 bits per heavy atom. The molecule has 0 atom stereocenters. The molecule has 0 amide bonds. The van der Waals surface area contributed by atoms with Crippen LogP contribution in [0.2, 0.25) is 0 Å². The molecule has 0 saturated carbocycles. The van der Waals surface area contributed by atoms with E-state index in [1.165, 1.54) is 0 Å². The zero-order valence-corrected chi connectivity index (χ0v) is 11.3. The van der Waals surface area contributed by atoms with Crippen molar-refractivity contribution in [2.24, 2.45) is 0 Å². The standard InChI is InChI=1S/C13H16N4O3/c1-3-19-13(18)10-6-9(4-5-11(10)14)15-7-12-16-8(2)17-20-12/h4-6,15H,3,7,14H2,1-2H3. The van der Waals surface area contributed by atoms with Crippen molar-refractivity contribution in [3.63, 3.8) is 0 Å². The molecular formula is C13H16N4O3. The SMILES string of the molecule is CCOC(=O)c1cc(NCc2nc(C)no2)ccc1N. The summed E-state index contributed by atoms with van der Waals surface area (Å²) in [5.41, 5.74) is 7.19. The van der Waals surface area contributed by atoms with Crippen LogP contribution >= 0.6 is 0 Å². The monoisotopic (exact) mass is 276 g/mol. The third-order valence-corrected chi connectivity index (χ3v) is 2.56. The lowest BCUT2D eigenvalue weighted by molar-refractivity contribution is 0.0527. The number of rotatable bonds is 5. The van der Waals surface area contributed by atoms with Crippen molar-refractivity contribution >= 4 is 17.3 Å². The summed E-state index contributed by atoms with van der Waals surface area (Å²) in [6.45, 7) is 4.16. The summed E-state index contributed by atoms with van der Waals surface area (Å²) in [7, 11) is 0. The lowest BCUT2D eigenvalue weighted by Crippen LogP contribution is -2.09. The molecule has 1 aromatic carbocycles. The van der Waals surface area contributed by atoms with Gasteiger partial charge in [-0.25, -0.2) is 4.79 Å². The van der Waals surface area contributed by atoms with Crippen molar-refractivity contribution < 1.29 is 14.1 Å². The van der Waals surface area contributed by atoms with Gasteiger partial charge in [-0.2, -0.15) is 4.98 Å². The molecule has 0 spiro atoms. The van der Waals surface area contributed by atoms with Crippen LogP contribution in [0.5, 0.6) is 0 Å². The molecule has 0 fully saturated rings. The van der Waals surface area contributed by atoms with E-state index in [0.717, 1.165) is 5.69 Å². The van der Waals surface area contributed by atoms with Gasteiger partial charge in [-0.1, -0.05) is 5.16 Å². The molecule has 20 heavy (non-hydrogen) atoms. The first-order valence-corrected chi connectivity index (χ1v) is 6.20. The number of aromatic nitrogens is 2. The number of esters is 1. The number of nitrogens with zero attached hydrogens (tertiary/aromatic N) is 2. The molecular weight excluding hydrogens is 260 g/mol. The first kappa shape index (κ1) is 13.9. The first-order valence-electron chi connectivity index (χ1n) is 6.20. The van der Waals surface area contributed by atoms with E-state index in [1.54, 1.807) is 32.0 Å². The van der Waals surface area contributed by atoms with Gasteiger partial charge in [-0.15, -0.1) is 0 Å². The van der Waals surface area contributed by atoms with Crippen LogP contribution in [0.25, 0.3) is 0 Å². The van der Waals surface area contributed by atoms with Gasteiger partial charge >= 0.3 is 5.97 Å². The van der Waals surface area contributed by atoms with Crippen LogP contribution in [0.1, 0.15) is 29.0 Å². The second kappa shape index (κ2) is 6.05. The molecule has 7 heteroatoms. The van der Waals surface area contributed by atoms with Gasteiger partial charge in [0.2, 0.25) is 5.89 Å². The van der Waals surface area contributed by atoms with Gasteiger partial charge in [0.25, 0.3) is 0 Å². The number of carbonyl (C=O) groups is 1. The largest absolute Gasteiger partial charge is 0.462 e. The minimum Gasteiger partial charge on any atom is -0.462 e. The minimum absolute atomic E-state index is 0.303. The minimum atomic E-state index is -0.442. The molecule has 1 aromatic heterocycles. The van der Waals surface area contributed by atoms with Crippen LogP contribution in [-0.2, 0) is 11.3 Å². The van der Waals surface area contributed by atoms with E-state index in [2.05, 4.69) is 15.5 Å². The second-order valence-electron chi connectivity index (χ2n) is 4.11. The Morgan fingerprint density at radius 3 is 2.95 bits per heavy atom. The number of aryl methyl sites for hydroxylation is 1. The molecule has 0 saturated heterocycles. The van der Waals surface area contributed by atoms with Gasteiger partial charge in [0.05, 0.1) is 18.7 Å². The van der Waals surface area contributed by atoms with Crippen molar-refractivity contribution in [2.45, 2.75) is 20.4 Å². The highest BCUT2D eigenvalue weighted by Crippen LogP contribution is 2.19. The summed E-state index contributed by atoms with van der Waals surface area (Å²) in [5.74, 6) is 0.602. The van der Waals surface area contributed by atoms with E-state index in [0.29, 0.717) is 36.1 Å². The fraction of sp³-hybridized carbons (Fsp3) is 0.308. The van der Waals surface area contributed by atoms with E-state index < -0.39 is 5.97 Å². The highest BCUT2D eigenvalue weighted by Gasteiger charge is 2.12. The Hall–Kier alpha value is -2.57. The zero-order chi connectivity index (χ0) is 14.5. The molecule has 2 rings (SSSR count). The fourth-order valence-corrected chi connectivity index (χ4v) is 1.64. The average molecular weight is 276 g/mol. The number of hydrogen-bond donors (Lipinski definition) is 2. The number of hydrogen-bond acceptors (Lipinski definition) is 7. The molecule has 0 aliphatic rings.